The summed E-state index contributed by atoms with van der Waals surface area (Å²) in [6.07, 6.45) is 2.01. The van der Waals surface area contributed by atoms with Crippen molar-refractivity contribution in [3.8, 4) is 11.5 Å². The third-order valence-corrected chi connectivity index (χ3v) is 10.4. The molecular weight excluding hydrogens is 332 g/mol. The van der Waals surface area contributed by atoms with Gasteiger partial charge in [-0.1, -0.05) is 32.9 Å². The van der Waals surface area contributed by atoms with Gasteiger partial charge in [0.1, 0.15) is 0 Å². The van der Waals surface area contributed by atoms with Crippen LogP contribution in [0.15, 0.2) is 30.9 Å². The number of hydrogen-bond donors (Lipinski definition) is 0. The molecule has 2 aliphatic heterocycles. The molecule has 0 saturated carbocycles. The van der Waals surface area contributed by atoms with Crippen LogP contribution < -0.4 is 9.47 Å². The lowest BCUT2D eigenvalue weighted by Crippen LogP contribution is -2.42. The lowest BCUT2D eigenvalue weighted by molar-refractivity contribution is 0.0735. The van der Waals surface area contributed by atoms with Gasteiger partial charge in [-0.3, -0.25) is 0 Å². The molecule has 1 aromatic carbocycles. The molecule has 0 bridgehead atoms. The number of benzene rings is 1. The molecule has 138 valence electrons. The summed E-state index contributed by atoms with van der Waals surface area (Å²) in [7, 11) is -1.80. The highest BCUT2D eigenvalue weighted by atomic mass is 28.4. The van der Waals surface area contributed by atoms with E-state index in [1.165, 1.54) is 0 Å². The van der Waals surface area contributed by atoms with Crippen LogP contribution in [0.3, 0.4) is 0 Å². The van der Waals surface area contributed by atoms with Crippen molar-refractivity contribution in [3.05, 3.63) is 36.4 Å². The van der Waals surface area contributed by atoms with E-state index in [4.69, 9.17) is 18.6 Å². The van der Waals surface area contributed by atoms with E-state index in [2.05, 4.69) is 46.5 Å². The molecule has 1 fully saturated rings. The molecule has 2 heterocycles. The van der Waals surface area contributed by atoms with E-state index < -0.39 is 8.32 Å². The first kappa shape index (κ1) is 18.5. The van der Waals surface area contributed by atoms with Gasteiger partial charge in [-0.25, -0.2) is 0 Å². The Morgan fingerprint density at radius 1 is 1.24 bits per heavy atom. The third kappa shape index (κ3) is 3.64. The van der Waals surface area contributed by atoms with Crippen LogP contribution in [0.4, 0.5) is 0 Å². The third-order valence-electron chi connectivity index (χ3n) is 5.88. The molecule has 0 radical (unpaired) electrons. The summed E-state index contributed by atoms with van der Waals surface area (Å²) in [6.45, 7) is 17.1. The van der Waals surface area contributed by atoms with Crippen molar-refractivity contribution in [1.82, 2.24) is 0 Å². The van der Waals surface area contributed by atoms with E-state index >= 15 is 0 Å². The fourth-order valence-corrected chi connectivity index (χ4v) is 4.14. The van der Waals surface area contributed by atoms with Gasteiger partial charge in [0.25, 0.3) is 0 Å². The van der Waals surface area contributed by atoms with Crippen LogP contribution in [-0.2, 0) is 9.16 Å². The summed E-state index contributed by atoms with van der Waals surface area (Å²) < 4.78 is 23.6. The molecule has 25 heavy (non-hydrogen) atoms. The van der Waals surface area contributed by atoms with Gasteiger partial charge >= 0.3 is 0 Å². The van der Waals surface area contributed by atoms with Crippen LogP contribution in [0.1, 0.15) is 32.4 Å². The zero-order valence-electron chi connectivity index (χ0n) is 16.0. The Morgan fingerprint density at radius 2 is 1.96 bits per heavy atom. The van der Waals surface area contributed by atoms with Crippen LogP contribution in [0.25, 0.3) is 0 Å². The highest BCUT2D eigenvalue weighted by molar-refractivity contribution is 6.74. The van der Waals surface area contributed by atoms with Gasteiger partial charge in [0, 0.05) is 18.4 Å². The molecule has 0 N–H and O–H groups in total. The van der Waals surface area contributed by atoms with Crippen molar-refractivity contribution < 1.29 is 18.6 Å². The van der Waals surface area contributed by atoms with E-state index in [-0.39, 0.29) is 23.9 Å². The van der Waals surface area contributed by atoms with E-state index in [1.54, 1.807) is 0 Å². The van der Waals surface area contributed by atoms with E-state index in [0.717, 1.165) is 17.1 Å². The summed E-state index contributed by atoms with van der Waals surface area (Å²) in [5, 5.41) is 0.199. The van der Waals surface area contributed by atoms with Crippen LogP contribution in [0.5, 0.6) is 11.5 Å². The molecule has 3 rings (SSSR count). The Kier molecular flexibility index (Phi) is 5.01. The predicted octanol–water partition coefficient (Wildman–Crippen LogP) is 4.93. The van der Waals surface area contributed by atoms with Gasteiger partial charge in [-0.05, 0) is 35.8 Å². The molecule has 1 saturated heterocycles. The normalized spacial score (nSPS) is 26.0. The summed E-state index contributed by atoms with van der Waals surface area (Å²) in [5.74, 6) is 2.18. The van der Waals surface area contributed by atoms with Crippen LogP contribution in [0.2, 0.25) is 18.1 Å². The van der Waals surface area contributed by atoms with Crippen molar-refractivity contribution in [1.29, 1.82) is 0 Å². The van der Waals surface area contributed by atoms with Gasteiger partial charge in [-0.15, -0.1) is 6.58 Å². The molecule has 0 unspecified atom stereocenters. The van der Waals surface area contributed by atoms with Crippen LogP contribution in [-0.4, -0.2) is 28.3 Å². The Labute approximate surface area is 152 Å². The quantitative estimate of drug-likeness (QED) is 0.550. The maximum Gasteiger partial charge on any atom is 0.231 e. The minimum atomic E-state index is -1.80. The van der Waals surface area contributed by atoms with Gasteiger partial charge in [0.05, 0.1) is 12.7 Å². The second kappa shape index (κ2) is 6.78. The molecule has 1 aromatic rings. The summed E-state index contributed by atoms with van der Waals surface area (Å²) >= 11 is 0. The molecule has 2 aliphatic rings. The molecule has 5 heteroatoms. The molecule has 0 spiro atoms. The molecule has 3 atom stereocenters. The Balaban J connectivity index is 1.78. The highest BCUT2D eigenvalue weighted by Gasteiger charge is 2.42. The number of hydrogen-bond acceptors (Lipinski definition) is 4. The fourth-order valence-electron chi connectivity index (χ4n) is 3.09. The second-order valence-corrected chi connectivity index (χ2v) is 13.3. The van der Waals surface area contributed by atoms with Crippen molar-refractivity contribution in [2.45, 2.75) is 45.0 Å². The number of ether oxygens (including phenoxy) is 3. The second-order valence-electron chi connectivity index (χ2n) is 8.50. The van der Waals surface area contributed by atoms with Crippen molar-refractivity contribution in [2.75, 3.05) is 20.0 Å². The SMILES string of the molecule is C=C[C@@H]1CO[C@H](c2ccc3c(c2)OCO3)[C@H]1CO[Si](C)(C)C(C)(C)C. The zero-order valence-corrected chi connectivity index (χ0v) is 17.0. The Bertz CT molecular complexity index is 635. The lowest BCUT2D eigenvalue weighted by Gasteiger charge is -2.37. The average molecular weight is 363 g/mol. The van der Waals surface area contributed by atoms with Gasteiger partial charge in [0.15, 0.2) is 19.8 Å². The Morgan fingerprint density at radius 3 is 2.64 bits per heavy atom. The topological polar surface area (TPSA) is 36.9 Å². The minimum absolute atomic E-state index is 0.00210. The zero-order chi connectivity index (χ0) is 18.2. The first-order chi connectivity index (χ1) is 11.7. The first-order valence-electron chi connectivity index (χ1n) is 9.00. The van der Waals surface area contributed by atoms with Gasteiger partial charge in [-0.2, -0.15) is 0 Å². The maximum atomic E-state index is 6.51. The first-order valence-corrected chi connectivity index (χ1v) is 11.9. The van der Waals surface area contributed by atoms with Gasteiger partial charge < -0.3 is 18.6 Å². The minimum Gasteiger partial charge on any atom is -0.454 e. The lowest BCUT2D eigenvalue weighted by atomic mass is 9.88. The van der Waals surface area contributed by atoms with E-state index in [0.29, 0.717) is 19.1 Å². The molecule has 4 nitrogen and oxygen atoms in total. The molecule has 0 amide bonds. The standard InChI is InChI=1S/C20H30O4Si/c1-7-14-11-21-19(15-8-9-17-18(10-15)23-13-22-17)16(14)12-24-25(5,6)20(2,3)4/h7-10,14,16,19H,1,11-13H2,2-6H3/t14-,16+,19-/m1/s1. The van der Waals surface area contributed by atoms with Gasteiger partial charge in [0.2, 0.25) is 6.79 Å². The fraction of sp³-hybridized carbons (Fsp3) is 0.600. The highest BCUT2D eigenvalue weighted by Crippen LogP contribution is 2.44. The number of fused-ring (bicyclic) bond motifs is 1. The average Bonchev–Trinajstić information content (AvgIpc) is 3.17. The van der Waals surface area contributed by atoms with Crippen LogP contribution >= 0.6 is 0 Å². The molecule has 0 aromatic heterocycles. The Hall–Kier alpha value is -1.30. The van der Waals surface area contributed by atoms with Crippen molar-refractivity contribution in [2.24, 2.45) is 11.8 Å². The van der Waals surface area contributed by atoms with Crippen molar-refractivity contribution in [3.63, 3.8) is 0 Å². The number of rotatable bonds is 5. The maximum absolute atomic E-state index is 6.51. The summed E-state index contributed by atoms with van der Waals surface area (Å²) in [4.78, 5) is 0. The summed E-state index contributed by atoms with van der Waals surface area (Å²) in [5.41, 5.74) is 1.12. The summed E-state index contributed by atoms with van der Waals surface area (Å²) in [6, 6.07) is 6.08. The predicted molar refractivity (Wildman–Crippen MR) is 102 cm³/mol. The monoisotopic (exact) mass is 362 g/mol. The van der Waals surface area contributed by atoms with Crippen molar-refractivity contribution >= 4 is 8.32 Å². The largest absolute Gasteiger partial charge is 0.454 e. The molecular formula is C20H30O4Si. The smallest absolute Gasteiger partial charge is 0.231 e. The van der Waals surface area contributed by atoms with Crippen LogP contribution in [0, 0.1) is 11.8 Å². The molecule has 0 aliphatic carbocycles. The van der Waals surface area contributed by atoms with E-state index in [9.17, 15) is 0 Å². The van der Waals surface area contributed by atoms with E-state index in [1.807, 2.05) is 18.2 Å².